The Bertz CT molecular complexity index is 815. The minimum Gasteiger partial charge on any atom is -0.398 e. The van der Waals surface area contributed by atoms with E-state index in [2.05, 4.69) is 15.5 Å². The maximum Gasteiger partial charge on any atom is 0.187 e. The number of anilines is 1. The zero-order valence-electron chi connectivity index (χ0n) is 11.1. The van der Waals surface area contributed by atoms with Crippen LogP contribution in [0.5, 0.6) is 0 Å². The summed E-state index contributed by atoms with van der Waals surface area (Å²) in [5.41, 5.74) is 8.40. The first-order valence-corrected chi connectivity index (χ1v) is 6.54. The Morgan fingerprint density at radius 1 is 1.19 bits per heavy atom. The number of nitrogens with zero attached hydrogens (tertiary/aromatic N) is 4. The number of nitrogen functional groups attached to an aromatic ring is 1. The third-order valence-electron chi connectivity index (χ3n) is 3.14. The Hall–Kier alpha value is -2.47. The summed E-state index contributed by atoms with van der Waals surface area (Å²) in [4.78, 5) is 0. The van der Waals surface area contributed by atoms with E-state index in [0.29, 0.717) is 22.1 Å². The number of halogens is 2. The normalized spacial score (nSPS) is 10.8. The summed E-state index contributed by atoms with van der Waals surface area (Å²) >= 11 is 5.76. The molecule has 0 saturated carbocycles. The van der Waals surface area contributed by atoms with Gasteiger partial charge in [0.1, 0.15) is 11.5 Å². The van der Waals surface area contributed by atoms with Gasteiger partial charge in [-0.15, -0.1) is 5.10 Å². The Kier molecular flexibility index (Phi) is 3.31. The van der Waals surface area contributed by atoms with Gasteiger partial charge in [0.15, 0.2) is 5.82 Å². The molecule has 2 N–H and O–H groups in total. The molecule has 106 valence electrons. The van der Waals surface area contributed by atoms with E-state index in [1.54, 1.807) is 12.1 Å². The Morgan fingerprint density at radius 2 is 2.00 bits per heavy atom. The van der Waals surface area contributed by atoms with Crippen LogP contribution < -0.4 is 5.73 Å². The third kappa shape index (κ3) is 2.45. The lowest BCUT2D eigenvalue weighted by atomic mass is 10.1. The second kappa shape index (κ2) is 5.14. The van der Waals surface area contributed by atoms with E-state index >= 15 is 0 Å². The molecule has 5 nitrogen and oxygen atoms in total. The Balaban J connectivity index is 2.14. The second-order valence-electron chi connectivity index (χ2n) is 4.58. The molecular weight excluding hydrogens is 293 g/mol. The zero-order valence-corrected chi connectivity index (χ0v) is 11.8. The lowest BCUT2D eigenvalue weighted by Crippen LogP contribution is -2.03. The smallest absolute Gasteiger partial charge is 0.187 e. The van der Waals surface area contributed by atoms with Gasteiger partial charge in [-0.05, 0) is 47.2 Å². The first-order chi connectivity index (χ1) is 10.1. The number of benzene rings is 2. The van der Waals surface area contributed by atoms with Crippen molar-refractivity contribution in [1.82, 2.24) is 20.2 Å². The van der Waals surface area contributed by atoms with Crippen LogP contribution in [-0.4, -0.2) is 20.2 Å². The Labute approximate surface area is 125 Å². The molecule has 0 aliphatic heterocycles. The topological polar surface area (TPSA) is 69.6 Å². The predicted octanol–water partition coefficient (Wildman–Crippen LogP) is 3.01. The highest BCUT2D eigenvalue weighted by molar-refractivity contribution is 6.30. The number of aromatic nitrogens is 4. The fourth-order valence-corrected chi connectivity index (χ4v) is 2.12. The summed E-state index contributed by atoms with van der Waals surface area (Å²) in [6, 6.07) is 9.77. The second-order valence-corrected chi connectivity index (χ2v) is 5.02. The fourth-order valence-electron chi connectivity index (χ4n) is 1.96. The van der Waals surface area contributed by atoms with Gasteiger partial charge in [0.05, 0.1) is 0 Å². The molecule has 3 aromatic rings. The number of hydrogen-bond acceptors (Lipinski definition) is 4. The molecule has 2 aromatic carbocycles. The molecule has 0 amide bonds. The Morgan fingerprint density at radius 3 is 2.71 bits per heavy atom. The largest absolute Gasteiger partial charge is 0.398 e. The summed E-state index contributed by atoms with van der Waals surface area (Å²) in [5, 5.41) is 11.7. The zero-order chi connectivity index (χ0) is 15.0. The van der Waals surface area contributed by atoms with Crippen molar-refractivity contribution in [3.8, 4) is 17.1 Å². The number of nitrogens with two attached hydrogens (primary N) is 1. The number of hydrogen-bond donors (Lipinski definition) is 1. The molecule has 21 heavy (non-hydrogen) atoms. The van der Waals surface area contributed by atoms with Gasteiger partial charge in [0, 0.05) is 16.3 Å². The van der Waals surface area contributed by atoms with E-state index in [1.165, 1.54) is 16.8 Å². The number of rotatable bonds is 2. The molecule has 0 radical (unpaired) electrons. The van der Waals surface area contributed by atoms with Crippen LogP contribution in [0.4, 0.5) is 10.1 Å². The summed E-state index contributed by atoms with van der Waals surface area (Å²) in [7, 11) is 0. The molecule has 0 atom stereocenters. The molecule has 0 fully saturated rings. The molecule has 0 unspecified atom stereocenters. The van der Waals surface area contributed by atoms with Crippen molar-refractivity contribution in [2.45, 2.75) is 6.92 Å². The molecule has 0 spiro atoms. The molecular formula is C14H11ClFN5. The van der Waals surface area contributed by atoms with E-state index in [0.717, 1.165) is 5.56 Å². The SMILES string of the molecule is Cc1ccc(-c2nnnn2-c2ccc(Cl)cc2F)cc1N. The van der Waals surface area contributed by atoms with Gasteiger partial charge in [-0.3, -0.25) is 0 Å². The van der Waals surface area contributed by atoms with Crippen molar-refractivity contribution in [3.05, 3.63) is 52.8 Å². The highest BCUT2D eigenvalue weighted by Crippen LogP contribution is 2.25. The van der Waals surface area contributed by atoms with Gasteiger partial charge in [0.25, 0.3) is 0 Å². The van der Waals surface area contributed by atoms with Crippen LogP contribution in [0, 0.1) is 12.7 Å². The van der Waals surface area contributed by atoms with Crippen molar-refractivity contribution >= 4 is 17.3 Å². The number of aryl methyl sites for hydroxylation is 1. The van der Waals surface area contributed by atoms with Crippen LogP contribution in [0.3, 0.4) is 0 Å². The van der Waals surface area contributed by atoms with Gasteiger partial charge in [-0.2, -0.15) is 4.68 Å². The number of tetrazole rings is 1. The first kappa shape index (κ1) is 13.5. The van der Waals surface area contributed by atoms with Gasteiger partial charge in [-0.1, -0.05) is 23.7 Å². The molecule has 3 rings (SSSR count). The highest BCUT2D eigenvalue weighted by Gasteiger charge is 2.15. The van der Waals surface area contributed by atoms with Gasteiger partial charge < -0.3 is 5.73 Å². The first-order valence-electron chi connectivity index (χ1n) is 6.16. The molecule has 1 heterocycles. The van der Waals surface area contributed by atoms with Crippen LogP contribution in [0.15, 0.2) is 36.4 Å². The van der Waals surface area contributed by atoms with Crippen LogP contribution in [0.1, 0.15) is 5.56 Å². The van der Waals surface area contributed by atoms with Gasteiger partial charge >= 0.3 is 0 Å². The van der Waals surface area contributed by atoms with Crippen LogP contribution in [0.25, 0.3) is 17.1 Å². The van der Waals surface area contributed by atoms with Gasteiger partial charge in [0.2, 0.25) is 0 Å². The van der Waals surface area contributed by atoms with Crippen LogP contribution >= 0.6 is 11.6 Å². The maximum absolute atomic E-state index is 14.0. The van der Waals surface area contributed by atoms with Gasteiger partial charge in [-0.25, -0.2) is 4.39 Å². The average molecular weight is 304 g/mol. The molecule has 0 bridgehead atoms. The lowest BCUT2D eigenvalue weighted by Gasteiger charge is -2.07. The highest BCUT2D eigenvalue weighted by atomic mass is 35.5. The predicted molar refractivity (Wildman–Crippen MR) is 78.7 cm³/mol. The molecule has 7 heteroatoms. The van der Waals surface area contributed by atoms with E-state index < -0.39 is 5.82 Å². The average Bonchev–Trinajstić information content (AvgIpc) is 2.91. The fraction of sp³-hybridized carbons (Fsp3) is 0.0714. The van der Waals surface area contributed by atoms with E-state index in [-0.39, 0.29) is 5.69 Å². The molecule has 0 saturated heterocycles. The summed E-state index contributed by atoms with van der Waals surface area (Å²) in [6.45, 7) is 1.90. The van der Waals surface area contributed by atoms with Crippen molar-refractivity contribution in [2.24, 2.45) is 0 Å². The summed E-state index contributed by atoms with van der Waals surface area (Å²) in [5.74, 6) is -0.0981. The molecule has 0 aliphatic carbocycles. The third-order valence-corrected chi connectivity index (χ3v) is 3.38. The van der Waals surface area contributed by atoms with Crippen molar-refractivity contribution in [1.29, 1.82) is 0 Å². The van der Waals surface area contributed by atoms with E-state index in [9.17, 15) is 4.39 Å². The summed E-state index contributed by atoms with van der Waals surface area (Å²) < 4.78 is 15.3. The maximum atomic E-state index is 14.0. The minimum atomic E-state index is -0.504. The van der Waals surface area contributed by atoms with Crippen LogP contribution in [-0.2, 0) is 0 Å². The summed E-state index contributed by atoms with van der Waals surface area (Å²) in [6.07, 6.45) is 0. The van der Waals surface area contributed by atoms with Crippen molar-refractivity contribution in [3.63, 3.8) is 0 Å². The van der Waals surface area contributed by atoms with E-state index in [4.69, 9.17) is 17.3 Å². The minimum absolute atomic E-state index is 0.221. The molecule has 1 aromatic heterocycles. The van der Waals surface area contributed by atoms with Crippen molar-refractivity contribution in [2.75, 3.05) is 5.73 Å². The van der Waals surface area contributed by atoms with Crippen molar-refractivity contribution < 1.29 is 4.39 Å². The van der Waals surface area contributed by atoms with E-state index in [1.807, 2.05) is 19.1 Å². The standard InChI is InChI=1S/C14H11ClFN5/c1-8-2-3-9(6-12(8)17)14-18-19-20-21(14)13-5-4-10(15)7-11(13)16/h2-7H,17H2,1H3. The van der Waals surface area contributed by atoms with Crippen LogP contribution in [0.2, 0.25) is 5.02 Å². The lowest BCUT2D eigenvalue weighted by molar-refractivity contribution is 0.608. The molecule has 0 aliphatic rings. The monoisotopic (exact) mass is 303 g/mol. The quantitative estimate of drug-likeness (QED) is 0.739.